The standard InChI is InChI=1S/C19H15F3N4OS2/c20-13-4-1-12(2-5-13)3-10-16-24-19(26-25-16)28-11-17(27)23-14-6-8-15(9-7-14)29-18(21)22/h1-10,18H,11H2,(H,23,27)(H,24,25,26)/b10-3+. The molecular formula is C19H15F3N4OS2. The summed E-state index contributed by atoms with van der Waals surface area (Å²) in [5, 5.41) is 9.86. The van der Waals surface area contributed by atoms with Crippen molar-refractivity contribution in [2.75, 3.05) is 11.1 Å². The summed E-state index contributed by atoms with van der Waals surface area (Å²) in [5.74, 6) is -2.46. The summed E-state index contributed by atoms with van der Waals surface area (Å²) < 4.78 is 37.5. The number of benzene rings is 2. The summed E-state index contributed by atoms with van der Waals surface area (Å²) in [6, 6.07) is 12.2. The van der Waals surface area contributed by atoms with E-state index in [4.69, 9.17) is 0 Å². The van der Waals surface area contributed by atoms with Gasteiger partial charge in [0.25, 0.3) is 5.76 Å². The lowest BCUT2D eigenvalue weighted by molar-refractivity contribution is -0.113. The maximum absolute atomic E-state index is 12.9. The van der Waals surface area contributed by atoms with Crippen LogP contribution in [-0.2, 0) is 4.79 Å². The van der Waals surface area contributed by atoms with Crippen molar-refractivity contribution in [3.05, 3.63) is 65.7 Å². The van der Waals surface area contributed by atoms with Gasteiger partial charge in [-0.2, -0.15) is 8.78 Å². The molecule has 3 rings (SSSR count). The van der Waals surface area contributed by atoms with Crippen molar-refractivity contribution in [2.45, 2.75) is 15.8 Å². The van der Waals surface area contributed by atoms with Crippen molar-refractivity contribution in [1.29, 1.82) is 0 Å². The van der Waals surface area contributed by atoms with E-state index in [0.29, 0.717) is 33.3 Å². The number of alkyl halides is 2. The van der Waals surface area contributed by atoms with E-state index in [-0.39, 0.29) is 17.5 Å². The Morgan fingerprint density at radius 2 is 1.83 bits per heavy atom. The van der Waals surface area contributed by atoms with Crippen molar-refractivity contribution >= 4 is 47.3 Å². The molecule has 0 aliphatic heterocycles. The fourth-order valence-electron chi connectivity index (χ4n) is 2.19. The van der Waals surface area contributed by atoms with Crippen LogP contribution in [0.15, 0.2) is 58.6 Å². The van der Waals surface area contributed by atoms with Gasteiger partial charge in [0, 0.05) is 10.6 Å². The first-order valence-corrected chi connectivity index (χ1v) is 10.2. The summed E-state index contributed by atoms with van der Waals surface area (Å²) in [5.41, 5.74) is 1.33. The first-order valence-electron chi connectivity index (χ1n) is 8.31. The Hall–Kier alpha value is -2.72. The summed E-state index contributed by atoms with van der Waals surface area (Å²) in [6.07, 6.45) is 3.46. The highest BCUT2D eigenvalue weighted by Gasteiger charge is 2.09. The van der Waals surface area contributed by atoms with Crippen LogP contribution in [0.4, 0.5) is 18.9 Å². The summed E-state index contributed by atoms with van der Waals surface area (Å²) in [4.78, 5) is 16.7. The predicted octanol–water partition coefficient (Wildman–Crippen LogP) is 5.16. The van der Waals surface area contributed by atoms with E-state index in [1.54, 1.807) is 36.4 Å². The minimum absolute atomic E-state index is 0.0898. The number of nitrogens with zero attached hydrogens (tertiary/aromatic N) is 2. The second-order valence-electron chi connectivity index (χ2n) is 5.63. The average molecular weight is 436 g/mol. The van der Waals surface area contributed by atoms with Crippen molar-refractivity contribution in [3.63, 3.8) is 0 Å². The van der Waals surface area contributed by atoms with Gasteiger partial charge >= 0.3 is 0 Å². The van der Waals surface area contributed by atoms with Crippen molar-refractivity contribution in [1.82, 2.24) is 15.2 Å². The lowest BCUT2D eigenvalue weighted by Gasteiger charge is -2.05. The number of aromatic amines is 1. The third kappa shape index (κ3) is 6.99. The van der Waals surface area contributed by atoms with Crippen LogP contribution in [0.3, 0.4) is 0 Å². The minimum atomic E-state index is -2.48. The van der Waals surface area contributed by atoms with Gasteiger partial charge in [-0.05, 0) is 48.0 Å². The van der Waals surface area contributed by atoms with Crippen LogP contribution in [0.5, 0.6) is 0 Å². The first kappa shape index (κ1) is 21.0. The maximum atomic E-state index is 12.9. The van der Waals surface area contributed by atoms with Crippen LogP contribution in [0.25, 0.3) is 12.2 Å². The van der Waals surface area contributed by atoms with Crippen LogP contribution >= 0.6 is 23.5 Å². The van der Waals surface area contributed by atoms with Crippen molar-refractivity contribution in [2.24, 2.45) is 0 Å². The molecule has 1 aromatic heterocycles. The number of hydrogen-bond acceptors (Lipinski definition) is 5. The maximum Gasteiger partial charge on any atom is 0.288 e. The number of H-pyrrole nitrogens is 1. The number of carbonyl (C=O) groups is 1. The zero-order valence-electron chi connectivity index (χ0n) is 14.8. The van der Waals surface area contributed by atoms with Gasteiger partial charge in [0.1, 0.15) is 11.6 Å². The van der Waals surface area contributed by atoms with Gasteiger partial charge in [0.15, 0.2) is 0 Å². The fourth-order valence-corrected chi connectivity index (χ4v) is 3.30. The molecule has 0 spiro atoms. The molecule has 0 aliphatic carbocycles. The zero-order chi connectivity index (χ0) is 20.6. The van der Waals surface area contributed by atoms with E-state index in [1.165, 1.54) is 24.3 Å². The normalized spacial score (nSPS) is 11.3. The smallest absolute Gasteiger partial charge is 0.288 e. The molecule has 5 nitrogen and oxygen atoms in total. The van der Waals surface area contributed by atoms with Gasteiger partial charge in [0.05, 0.1) is 5.75 Å². The number of amides is 1. The zero-order valence-corrected chi connectivity index (χ0v) is 16.4. The quantitative estimate of drug-likeness (QED) is 0.478. The molecule has 3 aromatic rings. The van der Waals surface area contributed by atoms with Gasteiger partial charge in [-0.25, -0.2) is 9.37 Å². The Bertz CT molecular complexity index is 976. The SMILES string of the molecule is O=C(CSc1n[nH]c(/C=C/c2ccc(F)cc2)n1)Nc1ccc(SC(F)F)cc1. The van der Waals surface area contributed by atoms with E-state index in [0.717, 1.165) is 17.3 Å². The van der Waals surface area contributed by atoms with Gasteiger partial charge < -0.3 is 5.32 Å². The number of carbonyl (C=O) groups excluding carboxylic acids is 1. The molecule has 0 atom stereocenters. The lowest BCUT2D eigenvalue weighted by atomic mass is 10.2. The second-order valence-corrected chi connectivity index (χ2v) is 7.63. The Morgan fingerprint density at radius 3 is 2.52 bits per heavy atom. The molecule has 0 saturated heterocycles. The Balaban J connectivity index is 1.47. The first-order chi connectivity index (χ1) is 14.0. The third-order valence-corrected chi connectivity index (χ3v) is 5.05. The Kier molecular flexibility index (Phi) is 7.36. The third-order valence-electron chi connectivity index (χ3n) is 3.48. The molecule has 10 heteroatoms. The number of anilines is 1. The number of rotatable bonds is 8. The fraction of sp³-hybridized carbons (Fsp3) is 0.105. The summed E-state index contributed by atoms with van der Waals surface area (Å²) >= 11 is 1.60. The van der Waals surface area contributed by atoms with E-state index in [1.807, 2.05) is 0 Å². The molecule has 1 heterocycles. The van der Waals surface area contributed by atoms with Gasteiger partial charge in [0.2, 0.25) is 11.1 Å². The highest BCUT2D eigenvalue weighted by Crippen LogP contribution is 2.26. The molecule has 2 aromatic carbocycles. The number of aromatic nitrogens is 3. The number of hydrogen-bond donors (Lipinski definition) is 2. The second kappa shape index (κ2) is 10.2. The number of nitrogens with one attached hydrogen (secondary N) is 2. The molecule has 0 aliphatic rings. The van der Waals surface area contributed by atoms with E-state index >= 15 is 0 Å². The molecule has 150 valence electrons. The van der Waals surface area contributed by atoms with Crippen LogP contribution < -0.4 is 5.32 Å². The highest BCUT2D eigenvalue weighted by atomic mass is 32.2. The predicted molar refractivity (Wildman–Crippen MR) is 109 cm³/mol. The topological polar surface area (TPSA) is 70.7 Å². The van der Waals surface area contributed by atoms with Crippen molar-refractivity contribution < 1.29 is 18.0 Å². The highest BCUT2D eigenvalue weighted by molar-refractivity contribution is 8.00. The Morgan fingerprint density at radius 1 is 1.10 bits per heavy atom. The number of thioether (sulfide) groups is 2. The van der Waals surface area contributed by atoms with Crippen LogP contribution in [0.2, 0.25) is 0 Å². The molecule has 0 bridgehead atoms. The summed E-state index contributed by atoms with van der Waals surface area (Å²) in [7, 11) is 0. The van der Waals surface area contributed by atoms with E-state index in [2.05, 4.69) is 20.5 Å². The largest absolute Gasteiger partial charge is 0.325 e. The minimum Gasteiger partial charge on any atom is -0.325 e. The molecule has 2 N–H and O–H groups in total. The Labute approximate surface area is 173 Å². The van der Waals surface area contributed by atoms with Gasteiger partial charge in [-0.1, -0.05) is 41.7 Å². The van der Waals surface area contributed by atoms with Gasteiger partial charge in [-0.15, -0.1) is 5.10 Å². The monoisotopic (exact) mass is 436 g/mol. The van der Waals surface area contributed by atoms with Gasteiger partial charge in [-0.3, -0.25) is 9.89 Å². The molecule has 29 heavy (non-hydrogen) atoms. The molecule has 0 radical (unpaired) electrons. The number of halogens is 3. The summed E-state index contributed by atoms with van der Waals surface area (Å²) in [6.45, 7) is 0. The average Bonchev–Trinajstić information content (AvgIpc) is 3.15. The molecular weight excluding hydrogens is 421 g/mol. The van der Waals surface area contributed by atoms with Crippen LogP contribution in [0.1, 0.15) is 11.4 Å². The van der Waals surface area contributed by atoms with Crippen molar-refractivity contribution in [3.8, 4) is 0 Å². The van der Waals surface area contributed by atoms with E-state index in [9.17, 15) is 18.0 Å². The van der Waals surface area contributed by atoms with Crippen LogP contribution in [0, 0.1) is 5.82 Å². The molecule has 1 amide bonds. The molecule has 0 fully saturated rings. The van der Waals surface area contributed by atoms with Crippen LogP contribution in [-0.4, -0.2) is 32.6 Å². The molecule has 0 unspecified atom stereocenters. The van der Waals surface area contributed by atoms with E-state index < -0.39 is 5.76 Å². The lowest BCUT2D eigenvalue weighted by Crippen LogP contribution is -2.14. The molecule has 0 saturated carbocycles.